The molecule has 1 aromatic heterocycles. The van der Waals surface area contributed by atoms with Gasteiger partial charge < -0.3 is 24.9 Å². The fraction of sp³-hybridized carbons (Fsp3) is 0.435. The topological polar surface area (TPSA) is 158 Å². The van der Waals surface area contributed by atoms with Crippen LogP contribution in [0.25, 0.3) is 0 Å². The minimum Gasteiger partial charge on any atom is -0.542 e. The van der Waals surface area contributed by atoms with Gasteiger partial charge in [-0.25, -0.2) is 4.79 Å². The Kier molecular flexibility index (Phi) is 10.6. The van der Waals surface area contributed by atoms with Gasteiger partial charge >= 0.3 is 17.8 Å². The molecule has 0 saturated carbocycles. The van der Waals surface area contributed by atoms with Gasteiger partial charge in [0.2, 0.25) is 5.91 Å². The van der Waals surface area contributed by atoms with E-state index in [-0.39, 0.29) is 31.6 Å². The van der Waals surface area contributed by atoms with Gasteiger partial charge in [-0.1, -0.05) is 30.3 Å². The predicted molar refractivity (Wildman–Crippen MR) is 120 cm³/mol. The Labute approximate surface area is 208 Å². The third-order valence-electron chi connectivity index (χ3n) is 5.38. The van der Waals surface area contributed by atoms with E-state index in [9.17, 15) is 32.3 Å². The van der Waals surface area contributed by atoms with Gasteiger partial charge in [-0.3, -0.25) is 23.9 Å². The van der Waals surface area contributed by atoms with E-state index >= 15 is 0 Å². The van der Waals surface area contributed by atoms with Gasteiger partial charge in [-0.2, -0.15) is 13.2 Å². The molecule has 0 spiro atoms. The molecule has 14 heteroatoms. The number of H-pyrrole nitrogens is 1. The summed E-state index contributed by atoms with van der Waals surface area (Å²) in [5, 5.41) is 10.9. The molecule has 0 radical (unpaired) electrons. The Bertz CT molecular complexity index is 1190. The third kappa shape index (κ3) is 9.91. The Balaban J connectivity index is 0.000000604. The van der Waals surface area contributed by atoms with Crippen molar-refractivity contribution in [2.75, 3.05) is 19.6 Å². The number of hydrogen-bond donors (Lipinski definition) is 2. The number of carboxylic acid groups (broad SMARTS) is 1. The number of aromatic amines is 1. The molecule has 1 aliphatic rings. The summed E-state index contributed by atoms with van der Waals surface area (Å²) in [6.07, 6.45) is -1.82. The van der Waals surface area contributed by atoms with Crippen LogP contribution in [0.3, 0.4) is 0 Å². The highest BCUT2D eigenvalue weighted by Crippen LogP contribution is 2.11. The molecule has 2 heterocycles. The number of alkyl halides is 3. The molecule has 1 fully saturated rings. The zero-order chi connectivity index (χ0) is 27.6. The molecule has 0 aliphatic carbocycles. The van der Waals surface area contributed by atoms with E-state index < -0.39 is 29.4 Å². The number of benzene rings is 1. The molecule has 0 unspecified atom stereocenters. The zero-order valence-corrected chi connectivity index (χ0v) is 20.0. The second-order valence-electron chi connectivity index (χ2n) is 8.33. The monoisotopic (exact) mass is 528 g/mol. The van der Waals surface area contributed by atoms with Crippen LogP contribution in [-0.2, 0) is 32.3 Å². The van der Waals surface area contributed by atoms with Crippen LogP contribution in [0.4, 0.5) is 13.2 Å². The highest BCUT2D eigenvalue weighted by atomic mass is 19.4. The molecule has 202 valence electrons. The van der Waals surface area contributed by atoms with E-state index in [1.807, 2.05) is 30.3 Å². The molecular weight excluding hydrogens is 501 g/mol. The Morgan fingerprint density at radius 3 is 2.43 bits per heavy atom. The number of amides is 1. The molecule has 1 saturated heterocycles. The summed E-state index contributed by atoms with van der Waals surface area (Å²) in [6.45, 7) is 2.64. The number of halogens is 3. The van der Waals surface area contributed by atoms with E-state index in [1.54, 1.807) is 6.92 Å². The minimum absolute atomic E-state index is 0.135. The van der Waals surface area contributed by atoms with Crippen molar-refractivity contribution in [3.8, 4) is 0 Å². The Morgan fingerprint density at radius 1 is 1.22 bits per heavy atom. The fourth-order valence-electron chi connectivity index (χ4n) is 3.48. The normalized spacial score (nSPS) is 14.9. The highest BCUT2D eigenvalue weighted by molar-refractivity contribution is 5.82. The molecular formula is C23H27F3N4O7. The van der Waals surface area contributed by atoms with Crippen LogP contribution in [0, 0.1) is 6.92 Å². The van der Waals surface area contributed by atoms with Crippen molar-refractivity contribution in [1.29, 1.82) is 0 Å². The van der Waals surface area contributed by atoms with E-state index in [0.717, 1.165) is 29.5 Å². The van der Waals surface area contributed by atoms with Crippen molar-refractivity contribution in [3.05, 3.63) is 68.5 Å². The van der Waals surface area contributed by atoms with Gasteiger partial charge in [0, 0.05) is 24.6 Å². The van der Waals surface area contributed by atoms with E-state index in [1.165, 1.54) is 11.1 Å². The number of nitrogens with zero attached hydrogens (tertiary/aromatic N) is 2. The number of quaternary nitrogens is 1. The van der Waals surface area contributed by atoms with Gasteiger partial charge in [-0.15, -0.1) is 0 Å². The predicted octanol–water partition coefficient (Wildman–Crippen LogP) is -1.56. The molecule has 3 rings (SSSR count). The number of ether oxygens (including phenoxy) is 1. The van der Waals surface area contributed by atoms with Crippen LogP contribution < -0.4 is 21.7 Å². The number of nitrogens with one attached hydrogen (secondary N) is 1. The smallest absolute Gasteiger partial charge is 0.430 e. The van der Waals surface area contributed by atoms with E-state index in [0.29, 0.717) is 12.1 Å². The highest BCUT2D eigenvalue weighted by Gasteiger charge is 2.29. The number of rotatable bonds is 8. The lowest BCUT2D eigenvalue weighted by Gasteiger charge is -2.24. The largest absolute Gasteiger partial charge is 0.542 e. The summed E-state index contributed by atoms with van der Waals surface area (Å²) in [5.74, 6) is -3.89. The lowest BCUT2D eigenvalue weighted by molar-refractivity contribution is -0.669. The number of carbonyl (C=O) groups excluding carboxylic acids is 3. The maximum absolute atomic E-state index is 12.9. The average Bonchev–Trinajstić information content (AvgIpc) is 3.34. The van der Waals surface area contributed by atoms with Gasteiger partial charge in [0.15, 0.2) is 0 Å². The average molecular weight is 528 g/mol. The van der Waals surface area contributed by atoms with Crippen LogP contribution in [0.2, 0.25) is 0 Å². The first-order valence-electron chi connectivity index (χ1n) is 11.3. The van der Waals surface area contributed by atoms with Crippen molar-refractivity contribution >= 4 is 17.8 Å². The van der Waals surface area contributed by atoms with Crippen LogP contribution in [-0.4, -0.2) is 64.1 Å². The molecule has 37 heavy (non-hydrogen) atoms. The number of nitrogens with two attached hydrogens (primary N) is 1. The minimum atomic E-state index is -5.19. The van der Waals surface area contributed by atoms with Gasteiger partial charge in [-0.05, 0) is 12.5 Å². The number of aromatic nitrogens is 2. The summed E-state index contributed by atoms with van der Waals surface area (Å²) in [7, 11) is 0. The van der Waals surface area contributed by atoms with E-state index in [2.05, 4.69) is 10.3 Å². The summed E-state index contributed by atoms with van der Waals surface area (Å²) in [6, 6.07) is 9.52. The van der Waals surface area contributed by atoms with Gasteiger partial charge in [0.1, 0.15) is 31.7 Å². The van der Waals surface area contributed by atoms with Crippen molar-refractivity contribution in [1.82, 2.24) is 14.5 Å². The van der Waals surface area contributed by atoms with Crippen molar-refractivity contribution in [2.24, 2.45) is 0 Å². The van der Waals surface area contributed by atoms with Crippen molar-refractivity contribution in [2.45, 2.75) is 45.1 Å². The molecule has 3 N–H and O–H groups in total. The number of aliphatic carboxylic acids is 1. The molecule has 2 aromatic rings. The molecule has 1 atom stereocenters. The maximum atomic E-state index is 12.9. The molecule has 11 nitrogen and oxygen atoms in total. The number of aryl methyl sites for hydroxylation is 1. The summed E-state index contributed by atoms with van der Waals surface area (Å²) < 4.78 is 38.0. The molecule has 1 amide bonds. The number of esters is 1. The van der Waals surface area contributed by atoms with Gasteiger partial charge in [0.25, 0.3) is 5.56 Å². The van der Waals surface area contributed by atoms with Crippen LogP contribution in [0.15, 0.2) is 46.1 Å². The summed E-state index contributed by atoms with van der Waals surface area (Å²) in [4.78, 5) is 61.3. The molecule has 0 bridgehead atoms. The first-order chi connectivity index (χ1) is 17.4. The van der Waals surface area contributed by atoms with Crippen molar-refractivity contribution in [3.63, 3.8) is 0 Å². The Hall–Kier alpha value is -3.94. The second kappa shape index (κ2) is 13.4. The van der Waals surface area contributed by atoms with Crippen LogP contribution in [0.5, 0.6) is 0 Å². The second-order valence-corrected chi connectivity index (χ2v) is 8.33. The number of hydrogen-bond acceptors (Lipinski definition) is 7. The number of carboxylic acids is 1. The maximum Gasteiger partial charge on any atom is 0.430 e. The van der Waals surface area contributed by atoms with E-state index in [4.69, 9.17) is 14.6 Å². The fourth-order valence-corrected chi connectivity index (χ4v) is 3.48. The quantitative estimate of drug-likeness (QED) is 0.392. The summed E-state index contributed by atoms with van der Waals surface area (Å²) >= 11 is 0. The zero-order valence-electron chi connectivity index (χ0n) is 20.0. The van der Waals surface area contributed by atoms with Crippen LogP contribution >= 0.6 is 0 Å². The van der Waals surface area contributed by atoms with Gasteiger partial charge in [0.05, 0.1) is 13.1 Å². The van der Waals surface area contributed by atoms with Crippen molar-refractivity contribution < 1.29 is 42.7 Å². The number of carbonyl (C=O) groups is 3. The van der Waals surface area contributed by atoms with Crippen LogP contribution in [0.1, 0.15) is 24.0 Å². The summed E-state index contributed by atoms with van der Waals surface area (Å²) in [5.41, 5.74) is 0.0621. The standard InChI is InChI=1S/C21H26N4O5.C2HF3O2/c1-15-10-25(21(29)23-20(15)28)12-18(26)24(11-17-8-5-9-22-17)13-19(27)30-14-16-6-3-2-4-7-16;3-2(4,5)1(6)7/h2-4,6-7,10,17,22H,5,8-9,11-14H2,1H3,(H,23,28,29);(H,6,7)/t17-;/m0./s1. The first kappa shape index (κ1) is 29.3. The molecule has 1 aliphatic heterocycles. The lowest BCUT2D eigenvalue weighted by Crippen LogP contribution is -2.88. The third-order valence-corrected chi connectivity index (χ3v) is 5.38. The SMILES string of the molecule is Cc1cn(CC(=O)N(CC(=O)OCc2ccccc2)C[C@@H]2CCC[NH2+]2)c(=O)[nH]c1=O.O=C([O-])C(F)(F)F. The lowest BCUT2D eigenvalue weighted by atomic mass is 10.2. The Morgan fingerprint density at radius 2 is 1.86 bits per heavy atom. The molecule has 1 aromatic carbocycles. The first-order valence-corrected chi connectivity index (χ1v) is 11.3.